The van der Waals surface area contributed by atoms with Crippen LogP contribution in [-0.4, -0.2) is 49.9 Å². The third kappa shape index (κ3) is 3.03. The molecule has 1 aromatic rings. The first-order chi connectivity index (χ1) is 10.2. The van der Waals surface area contributed by atoms with Crippen LogP contribution in [0.5, 0.6) is 0 Å². The van der Waals surface area contributed by atoms with Crippen molar-refractivity contribution in [3.05, 3.63) is 35.9 Å². The van der Waals surface area contributed by atoms with E-state index in [-0.39, 0.29) is 17.7 Å². The molecule has 0 unspecified atom stereocenters. The summed E-state index contributed by atoms with van der Waals surface area (Å²) in [7, 11) is -3.47. The van der Waals surface area contributed by atoms with Crippen LogP contribution in [0.1, 0.15) is 25.3 Å². The summed E-state index contributed by atoms with van der Waals surface area (Å²) in [5.41, 5.74) is 7.01. The van der Waals surface area contributed by atoms with Crippen LogP contribution >= 0.6 is 0 Å². The van der Waals surface area contributed by atoms with E-state index < -0.39 is 14.6 Å². The van der Waals surface area contributed by atoms with Gasteiger partial charge in [0.15, 0.2) is 9.84 Å². The molecular formula is C16H24N2O3S. The second-order valence-electron chi connectivity index (χ2n) is 6.51. The molecule has 2 N–H and O–H groups in total. The molecule has 1 aliphatic rings. The molecule has 0 spiro atoms. The van der Waals surface area contributed by atoms with Gasteiger partial charge < -0.3 is 10.6 Å². The molecule has 0 aliphatic carbocycles. The van der Waals surface area contributed by atoms with E-state index in [0.717, 1.165) is 11.8 Å². The highest BCUT2D eigenvalue weighted by Crippen LogP contribution is 2.34. The number of hydrogen-bond donors (Lipinski definition) is 1. The number of amides is 1. The van der Waals surface area contributed by atoms with E-state index in [1.807, 2.05) is 30.3 Å². The maximum absolute atomic E-state index is 12.7. The molecule has 2 rings (SSSR count). The minimum atomic E-state index is -3.47. The first-order valence-electron chi connectivity index (χ1n) is 7.42. The first-order valence-corrected chi connectivity index (χ1v) is 9.31. The monoisotopic (exact) mass is 324 g/mol. The average Bonchev–Trinajstić information content (AvgIpc) is 2.90. The highest BCUT2D eigenvalue weighted by Gasteiger charge is 2.45. The zero-order valence-electron chi connectivity index (χ0n) is 13.3. The summed E-state index contributed by atoms with van der Waals surface area (Å²) in [5, 5.41) is 0. The van der Waals surface area contributed by atoms with E-state index in [9.17, 15) is 13.2 Å². The number of carbonyl (C=O) groups excluding carboxylic acids is 1. The molecule has 2 atom stereocenters. The van der Waals surface area contributed by atoms with Crippen molar-refractivity contribution in [2.45, 2.75) is 24.5 Å². The van der Waals surface area contributed by atoms with E-state index in [0.29, 0.717) is 19.6 Å². The Labute approximate surface area is 132 Å². The van der Waals surface area contributed by atoms with Gasteiger partial charge in [0.25, 0.3) is 0 Å². The highest BCUT2D eigenvalue weighted by molar-refractivity contribution is 7.92. The van der Waals surface area contributed by atoms with Crippen molar-refractivity contribution in [2.24, 2.45) is 11.7 Å². The van der Waals surface area contributed by atoms with E-state index in [1.54, 1.807) is 4.90 Å². The predicted octanol–water partition coefficient (Wildman–Crippen LogP) is 1.01. The number of hydrogen-bond acceptors (Lipinski definition) is 4. The topological polar surface area (TPSA) is 80.5 Å². The molecular weight excluding hydrogens is 300 g/mol. The Morgan fingerprint density at radius 1 is 1.27 bits per heavy atom. The molecule has 1 aromatic carbocycles. The van der Waals surface area contributed by atoms with Gasteiger partial charge in [0.1, 0.15) is 4.75 Å². The average molecular weight is 324 g/mol. The standard InChI is InChI=1S/C16H24N2O3S/c1-16(2,22(3,20)21)15(19)18-10-13(9-17)14(11-18)12-7-5-4-6-8-12/h4-8,13-14H,9-11,17H2,1-3H3/t13-,14+/m1/s1. The van der Waals surface area contributed by atoms with Crippen LogP contribution in [0.3, 0.4) is 0 Å². The maximum Gasteiger partial charge on any atom is 0.243 e. The second kappa shape index (κ2) is 6.01. The largest absolute Gasteiger partial charge is 0.340 e. The Morgan fingerprint density at radius 3 is 2.36 bits per heavy atom. The number of sulfone groups is 1. The van der Waals surface area contributed by atoms with Gasteiger partial charge >= 0.3 is 0 Å². The number of likely N-dealkylation sites (tertiary alicyclic amines) is 1. The van der Waals surface area contributed by atoms with Crippen molar-refractivity contribution in [3.8, 4) is 0 Å². The van der Waals surface area contributed by atoms with Gasteiger partial charge in [-0.1, -0.05) is 30.3 Å². The molecule has 22 heavy (non-hydrogen) atoms. The SMILES string of the molecule is CC(C)(C(=O)N1C[C@@H](CN)[C@H](c2ccccc2)C1)S(C)(=O)=O. The molecule has 5 nitrogen and oxygen atoms in total. The van der Waals surface area contributed by atoms with Gasteiger partial charge in [0.2, 0.25) is 5.91 Å². The molecule has 6 heteroatoms. The lowest BCUT2D eigenvalue weighted by Gasteiger charge is -2.27. The van der Waals surface area contributed by atoms with Gasteiger partial charge in [-0.3, -0.25) is 4.79 Å². The summed E-state index contributed by atoms with van der Waals surface area (Å²) in [6.07, 6.45) is 1.11. The normalized spacial score (nSPS) is 22.8. The summed E-state index contributed by atoms with van der Waals surface area (Å²) < 4.78 is 22.4. The summed E-state index contributed by atoms with van der Waals surface area (Å²) in [6.45, 7) is 4.44. The van der Waals surface area contributed by atoms with Gasteiger partial charge in [-0.15, -0.1) is 0 Å². The van der Waals surface area contributed by atoms with Crippen molar-refractivity contribution >= 4 is 15.7 Å². The van der Waals surface area contributed by atoms with E-state index >= 15 is 0 Å². The summed E-state index contributed by atoms with van der Waals surface area (Å²) in [4.78, 5) is 14.3. The second-order valence-corrected chi connectivity index (χ2v) is 9.07. The van der Waals surface area contributed by atoms with E-state index in [1.165, 1.54) is 13.8 Å². The Hall–Kier alpha value is -1.40. The van der Waals surface area contributed by atoms with Gasteiger partial charge in [-0.25, -0.2) is 8.42 Å². The number of rotatable bonds is 4. The molecule has 1 fully saturated rings. The van der Waals surface area contributed by atoms with E-state index in [2.05, 4.69) is 0 Å². The number of carbonyl (C=O) groups is 1. The Morgan fingerprint density at radius 2 is 1.86 bits per heavy atom. The molecule has 1 aliphatic heterocycles. The van der Waals surface area contributed by atoms with E-state index in [4.69, 9.17) is 5.73 Å². The van der Waals surface area contributed by atoms with Crippen molar-refractivity contribution in [1.29, 1.82) is 0 Å². The Kier molecular flexibility index (Phi) is 4.63. The zero-order chi connectivity index (χ0) is 16.5. The van der Waals surface area contributed by atoms with Crippen LogP contribution in [0.2, 0.25) is 0 Å². The fourth-order valence-corrected chi connectivity index (χ4v) is 3.34. The number of nitrogens with two attached hydrogens (primary N) is 1. The molecule has 0 bridgehead atoms. The van der Waals surface area contributed by atoms with Crippen LogP contribution in [-0.2, 0) is 14.6 Å². The lowest BCUT2D eigenvalue weighted by Crippen LogP contribution is -2.49. The summed E-state index contributed by atoms with van der Waals surface area (Å²) in [5.74, 6) is -0.0286. The van der Waals surface area contributed by atoms with Crippen LogP contribution in [0, 0.1) is 5.92 Å². The van der Waals surface area contributed by atoms with Crippen LogP contribution in [0.25, 0.3) is 0 Å². The molecule has 1 heterocycles. The maximum atomic E-state index is 12.7. The van der Waals surface area contributed by atoms with Crippen molar-refractivity contribution in [3.63, 3.8) is 0 Å². The fraction of sp³-hybridized carbons (Fsp3) is 0.562. The fourth-order valence-electron chi connectivity index (χ4n) is 2.89. The summed E-state index contributed by atoms with van der Waals surface area (Å²) >= 11 is 0. The van der Waals surface area contributed by atoms with Crippen LogP contribution in [0.15, 0.2) is 30.3 Å². The van der Waals surface area contributed by atoms with Gasteiger partial charge in [0.05, 0.1) is 0 Å². The zero-order valence-corrected chi connectivity index (χ0v) is 14.1. The minimum absolute atomic E-state index is 0.154. The smallest absolute Gasteiger partial charge is 0.243 e. The third-order valence-electron chi connectivity index (χ3n) is 4.70. The quantitative estimate of drug-likeness (QED) is 0.896. The third-order valence-corrected chi connectivity index (χ3v) is 6.73. The van der Waals surface area contributed by atoms with Crippen molar-refractivity contribution in [2.75, 3.05) is 25.9 Å². The molecule has 0 saturated carbocycles. The lowest BCUT2D eigenvalue weighted by molar-refractivity contribution is -0.132. The number of nitrogens with zero attached hydrogens (tertiary/aromatic N) is 1. The molecule has 0 radical (unpaired) electrons. The number of benzene rings is 1. The van der Waals surface area contributed by atoms with Gasteiger partial charge in [0, 0.05) is 25.3 Å². The predicted molar refractivity (Wildman–Crippen MR) is 87.2 cm³/mol. The molecule has 0 aromatic heterocycles. The minimum Gasteiger partial charge on any atom is -0.340 e. The first kappa shape index (κ1) is 17.0. The molecule has 1 saturated heterocycles. The molecule has 1 amide bonds. The van der Waals surface area contributed by atoms with Crippen LogP contribution < -0.4 is 5.73 Å². The molecule has 122 valence electrons. The summed E-state index contributed by atoms with van der Waals surface area (Å²) in [6, 6.07) is 9.94. The lowest BCUT2D eigenvalue weighted by atomic mass is 9.89. The van der Waals surface area contributed by atoms with Crippen molar-refractivity contribution in [1.82, 2.24) is 4.90 Å². The Bertz CT molecular complexity index is 641. The van der Waals surface area contributed by atoms with Gasteiger partial charge in [-0.05, 0) is 31.9 Å². The Balaban J connectivity index is 2.24. The van der Waals surface area contributed by atoms with Gasteiger partial charge in [-0.2, -0.15) is 0 Å². The van der Waals surface area contributed by atoms with Crippen LogP contribution in [0.4, 0.5) is 0 Å². The van der Waals surface area contributed by atoms with Crippen molar-refractivity contribution < 1.29 is 13.2 Å². The highest BCUT2D eigenvalue weighted by atomic mass is 32.2.